The Morgan fingerprint density at radius 1 is 1.42 bits per heavy atom. The second-order valence-corrected chi connectivity index (χ2v) is 2.30. The maximum atomic E-state index is 11.8. The lowest BCUT2D eigenvalue weighted by Gasteiger charge is -2.16. The fourth-order valence-corrected chi connectivity index (χ4v) is 0.778. The molecule has 70 valence electrons. The van der Waals surface area contributed by atoms with E-state index in [9.17, 15) is 22.0 Å². The van der Waals surface area contributed by atoms with Gasteiger partial charge in [0.15, 0.2) is 6.04 Å². The molecule has 1 aliphatic heterocycles. The average Bonchev–Trinajstić information content (AvgIpc) is 2.30. The Balaban J connectivity index is 2.54. The maximum absolute atomic E-state index is 11.8. The van der Waals surface area contributed by atoms with Crippen molar-refractivity contribution in [3.63, 3.8) is 0 Å². The third-order valence-corrected chi connectivity index (χ3v) is 1.41. The van der Waals surface area contributed by atoms with Crippen molar-refractivity contribution in [3.05, 3.63) is 0 Å². The quantitative estimate of drug-likeness (QED) is 0.449. The minimum Gasteiger partial charge on any atom is -0.304 e. The van der Waals surface area contributed by atoms with Gasteiger partial charge in [0.1, 0.15) is 0 Å². The van der Waals surface area contributed by atoms with Gasteiger partial charge >= 0.3 is 12.7 Å². The molecule has 0 spiro atoms. The molecule has 0 fully saturated rings. The molecule has 2 nitrogen and oxygen atoms in total. The molecule has 7 heteroatoms. The van der Waals surface area contributed by atoms with Crippen molar-refractivity contribution >= 4 is 6.34 Å². The van der Waals surface area contributed by atoms with E-state index in [4.69, 9.17) is 0 Å². The minimum atomic E-state index is -4.53. The number of halogens is 5. The number of alkyl halides is 5. The molecule has 0 saturated carbocycles. The van der Waals surface area contributed by atoms with Crippen LogP contribution in [0, 0.1) is 0 Å². The second kappa shape index (κ2) is 2.87. The molecule has 0 saturated heterocycles. The number of hydrogen-bond acceptors (Lipinski definition) is 2. The van der Waals surface area contributed by atoms with Crippen molar-refractivity contribution in [2.24, 2.45) is 4.99 Å². The summed E-state index contributed by atoms with van der Waals surface area (Å²) in [6.45, 7) is -3.71. The van der Waals surface area contributed by atoms with Gasteiger partial charge in [-0.2, -0.15) is 22.0 Å². The number of nitrogens with zero attached hydrogens (tertiary/aromatic N) is 2. The molecule has 1 aliphatic rings. The molecule has 0 radical (unpaired) electrons. The summed E-state index contributed by atoms with van der Waals surface area (Å²) < 4.78 is 59.0. The zero-order valence-electron chi connectivity index (χ0n) is 5.72. The lowest BCUT2D eigenvalue weighted by Crippen LogP contribution is -2.35. The van der Waals surface area contributed by atoms with Crippen molar-refractivity contribution in [2.75, 3.05) is 6.54 Å². The highest BCUT2D eigenvalue weighted by Gasteiger charge is 2.43. The van der Waals surface area contributed by atoms with Gasteiger partial charge in [-0.15, -0.1) is 0 Å². The van der Waals surface area contributed by atoms with E-state index in [1.165, 1.54) is 0 Å². The first-order valence-electron chi connectivity index (χ1n) is 3.05. The van der Waals surface area contributed by atoms with E-state index >= 15 is 0 Å². The first kappa shape index (κ1) is 9.21. The topological polar surface area (TPSA) is 15.6 Å². The first-order valence-corrected chi connectivity index (χ1v) is 3.05. The van der Waals surface area contributed by atoms with Crippen LogP contribution in [0.25, 0.3) is 0 Å². The van der Waals surface area contributed by atoms with Gasteiger partial charge in [-0.25, -0.2) is 0 Å². The van der Waals surface area contributed by atoms with Crippen LogP contribution in [-0.4, -0.2) is 36.6 Å². The van der Waals surface area contributed by atoms with E-state index < -0.39 is 25.3 Å². The molecular weight excluding hydrogens is 183 g/mol. The largest absolute Gasteiger partial charge is 0.412 e. The highest BCUT2D eigenvalue weighted by molar-refractivity contribution is 5.58. The monoisotopic (exact) mass is 188 g/mol. The standard InChI is InChI=1S/C5H5F5N2/c6-4(7)12-1-3(11-2-12)5(8,9)10/h2-4H,1H2. The van der Waals surface area contributed by atoms with E-state index in [-0.39, 0.29) is 4.90 Å². The third kappa shape index (κ3) is 1.83. The molecule has 1 heterocycles. The van der Waals surface area contributed by atoms with Crippen molar-refractivity contribution in [1.82, 2.24) is 4.90 Å². The summed E-state index contributed by atoms with van der Waals surface area (Å²) >= 11 is 0. The number of hydrogen-bond donors (Lipinski definition) is 0. The summed E-state index contributed by atoms with van der Waals surface area (Å²) in [5.74, 6) is 0. The lowest BCUT2D eigenvalue weighted by atomic mass is 10.3. The second-order valence-electron chi connectivity index (χ2n) is 2.30. The van der Waals surface area contributed by atoms with E-state index in [1.54, 1.807) is 0 Å². The summed E-state index contributed by atoms with van der Waals surface area (Å²) in [6.07, 6.45) is -4.00. The van der Waals surface area contributed by atoms with Crippen LogP contribution in [-0.2, 0) is 0 Å². The molecule has 0 aromatic carbocycles. The van der Waals surface area contributed by atoms with Gasteiger partial charge < -0.3 is 4.90 Å². The minimum absolute atomic E-state index is 0.248. The van der Waals surface area contributed by atoms with Crippen LogP contribution in [0.2, 0.25) is 0 Å². The smallest absolute Gasteiger partial charge is 0.304 e. The molecule has 1 rings (SSSR count). The molecule has 0 aromatic heterocycles. The fourth-order valence-electron chi connectivity index (χ4n) is 0.778. The zero-order chi connectivity index (χ0) is 9.35. The predicted octanol–water partition coefficient (Wildman–Crippen LogP) is 1.48. The zero-order valence-corrected chi connectivity index (χ0v) is 5.72. The van der Waals surface area contributed by atoms with Crippen LogP contribution in [0.1, 0.15) is 0 Å². The Bertz CT molecular complexity index is 187. The molecule has 0 amide bonds. The molecule has 12 heavy (non-hydrogen) atoms. The molecule has 1 unspecified atom stereocenters. The van der Waals surface area contributed by atoms with Crippen LogP contribution in [0.3, 0.4) is 0 Å². The average molecular weight is 188 g/mol. The van der Waals surface area contributed by atoms with Crippen LogP contribution in [0.15, 0.2) is 4.99 Å². The van der Waals surface area contributed by atoms with Crippen LogP contribution >= 0.6 is 0 Å². The summed E-state index contributed by atoms with van der Waals surface area (Å²) in [6, 6.07) is -2.01. The SMILES string of the molecule is FC(F)N1C=NC(C(F)(F)F)C1. The van der Waals surface area contributed by atoms with Crippen LogP contribution in [0.5, 0.6) is 0 Å². The molecule has 0 aliphatic carbocycles. The Hall–Kier alpha value is -0.880. The Kier molecular flexibility index (Phi) is 2.20. The van der Waals surface area contributed by atoms with E-state index in [2.05, 4.69) is 4.99 Å². The molecule has 1 atom stereocenters. The Morgan fingerprint density at radius 2 is 2.00 bits per heavy atom. The van der Waals surface area contributed by atoms with Crippen LogP contribution < -0.4 is 0 Å². The van der Waals surface area contributed by atoms with Gasteiger partial charge in [0.2, 0.25) is 0 Å². The van der Waals surface area contributed by atoms with Gasteiger partial charge in [-0.05, 0) is 0 Å². The molecular formula is C5H5F5N2. The Labute approximate surface area is 64.7 Å². The maximum Gasteiger partial charge on any atom is 0.412 e. The molecule has 0 N–H and O–H groups in total. The summed E-state index contributed by atoms with van der Waals surface area (Å²) in [5.41, 5.74) is 0. The van der Waals surface area contributed by atoms with Crippen molar-refractivity contribution < 1.29 is 22.0 Å². The summed E-state index contributed by atoms with van der Waals surface area (Å²) in [5, 5.41) is 0. The van der Waals surface area contributed by atoms with E-state index in [1.807, 2.05) is 0 Å². The summed E-state index contributed by atoms with van der Waals surface area (Å²) in [7, 11) is 0. The lowest BCUT2D eigenvalue weighted by molar-refractivity contribution is -0.149. The molecule has 0 aromatic rings. The summed E-state index contributed by atoms with van der Waals surface area (Å²) in [4.78, 5) is 3.15. The fraction of sp³-hybridized carbons (Fsp3) is 0.800. The predicted molar refractivity (Wildman–Crippen MR) is 31.0 cm³/mol. The van der Waals surface area contributed by atoms with E-state index in [0.29, 0.717) is 6.34 Å². The molecule has 0 bridgehead atoms. The van der Waals surface area contributed by atoms with Gasteiger partial charge in [-0.3, -0.25) is 4.99 Å². The van der Waals surface area contributed by atoms with Gasteiger partial charge in [0.25, 0.3) is 0 Å². The van der Waals surface area contributed by atoms with Crippen molar-refractivity contribution in [1.29, 1.82) is 0 Å². The normalized spacial score (nSPS) is 24.2. The number of rotatable bonds is 1. The van der Waals surface area contributed by atoms with Crippen molar-refractivity contribution in [2.45, 2.75) is 18.8 Å². The van der Waals surface area contributed by atoms with Gasteiger partial charge in [0.05, 0.1) is 12.9 Å². The third-order valence-electron chi connectivity index (χ3n) is 1.41. The van der Waals surface area contributed by atoms with Crippen molar-refractivity contribution in [3.8, 4) is 0 Å². The van der Waals surface area contributed by atoms with Gasteiger partial charge in [0, 0.05) is 0 Å². The highest BCUT2D eigenvalue weighted by Crippen LogP contribution is 2.26. The van der Waals surface area contributed by atoms with E-state index in [0.717, 1.165) is 0 Å². The highest BCUT2D eigenvalue weighted by atomic mass is 19.4. The Morgan fingerprint density at radius 3 is 2.25 bits per heavy atom. The first-order chi connectivity index (χ1) is 5.41. The van der Waals surface area contributed by atoms with Crippen LogP contribution in [0.4, 0.5) is 22.0 Å². The van der Waals surface area contributed by atoms with Gasteiger partial charge in [-0.1, -0.05) is 0 Å². The number of aliphatic imine (C=N–C) groups is 1.